The summed E-state index contributed by atoms with van der Waals surface area (Å²) in [6.45, 7) is 11.5. The molecule has 1 fully saturated rings. The summed E-state index contributed by atoms with van der Waals surface area (Å²) in [6, 6.07) is 0.598. The van der Waals surface area contributed by atoms with Gasteiger partial charge in [0.05, 0.1) is 0 Å². The molecule has 1 aliphatic rings. The van der Waals surface area contributed by atoms with E-state index >= 15 is 0 Å². The van der Waals surface area contributed by atoms with E-state index in [0.717, 1.165) is 55.3 Å². The molecule has 1 aromatic rings. The van der Waals surface area contributed by atoms with Crippen molar-refractivity contribution >= 4 is 41.7 Å². The highest BCUT2D eigenvalue weighted by Crippen LogP contribution is 2.28. The van der Waals surface area contributed by atoms with E-state index in [1.165, 1.54) is 6.42 Å². The fourth-order valence-electron chi connectivity index (χ4n) is 2.65. The number of nitrogens with zero attached hydrogens (tertiary/aromatic N) is 4. The molecule has 2 N–H and O–H groups in total. The summed E-state index contributed by atoms with van der Waals surface area (Å²) >= 11 is 1.66. The van der Waals surface area contributed by atoms with Gasteiger partial charge in [-0.15, -0.1) is 34.2 Å². The molecule has 6 nitrogen and oxygen atoms in total. The van der Waals surface area contributed by atoms with Gasteiger partial charge in [0.15, 0.2) is 11.1 Å². The second-order valence-corrected chi connectivity index (χ2v) is 7.71. The maximum atomic E-state index is 4.69. The first-order valence-corrected chi connectivity index (χ1v) is 10.3. The SMILES string of the molecule is CCNC(=NCCCc1nnc(SC)n1CC(C)C)NC1CC1C.I. The van der Waals surface area contributed by atoms with Crippen LogP contribution >= 0.6 is 35.7 Å². The molecular weight excluding hydrogens is 447 g/mol. The number of thioether (sulfide) groups is 1. The highest BCUT2D eigenvalue weighted by atomic mass is 127. The number of rotatable bonds is 9. The Kier molecular flexibility index (Phi) is 10.1. The summed E-state index contributed by atoms with van der Waals surface area (Å²) in [4.78, 5) is 4.69. The summed E-state index contributed by atoms with van der Waals surface area (Å²) in [7, 11) is 0. The average molecular weight is 480 g/mol. The van der Waals surface area contributed by atoms with Gasteiger partial charge in [0.25, 0.3) is 0 Å². The van der Waals surface area contributed by atoms with Crippen LogP contribution in [0.15, 0.2) is 10.1 Å². The Labute approximate surface area is 173 Å². The van der Waals surface area contributed by atoms with Crippen molar-refractivity contribution in [2.75, 3.05) is 19.3 Å². The minimum atomic E-state index is 0. The number of aryl methyl sites for hydroxylation is 1. The van der Waals surface area contributed by atoms with E-state index in [4.69, 9.17) is 4.99 Å². The standard InChI is InChI=1S/C17H32N6S.HI/c1-6-18-16(20-14-10-13(14)4)19-9-7-8-15-21-22-17(24-5)23(15)11-12(2)3;/h12-14H,6-11H2,1-5H3,(H2,18,19,20);1H. The van der Waals surface area contributed by atoms with E-state index in [1.807, 2.05) is 0 Å². The first-order chi connectivity index (χ1) is 11.5. The zero-order valence-corrected chi connectivity index (χ0v) is 19.2. The van der Waals surface area contributed by atoms with Crippen LogP contribution in [0.1, 0.15) is 46.4 Å². The molecule has 0 aliphatic heterocycles. The molecular formula is C17H33IN6S. The van der Waals surface area contributed by atoms with Gasteiger partial charge in [-0.25, -0.2) is 0 Å². The van der Waals surface area contributed by atoms with Crippen LogP contribution in [0.4, 0.5) is 0 Å². The van der Waals surface area contributed by atoms with Crippen LogP contribution in [0.25, 0.3) is 0 Å². The quantitative estimate of drug-likeness (QED) is 0.187. The van der Waals surface area contributed by atoms with Crippen LogP contribution in [-0.4, -0.2) is 46.1 Å². The topological polar surface area (TPSA) is 67.1 Å². The van der Waals surface area contributed by atoms with Crippen LogP contribution in [0, 0.1) is 11.8 Å². The minimum absolute atomic E-state index is 0. The third-order valence-electron chi connectivity index (χ3n) is 4.13. The van der Waals surface area contributed by atoms with E-state index in [-0.39, 0.29) is 24.0 Å². The van der Waals surface area contributed by atoms with Gasteiger partial charge in [-0.3, -0.25) is 4.99 Å². The molecule has 2 atom stereocenters. The van der Waals surface area contributed by atoms with Gasteiger partial charge in [0.1, 0.15) is 5.82 Å². The average Bonchev–Trinajstić information content (AvgIpc) is 3.09. The molecule has 144 valence electrons. The largest absolute Gasteiger partial charge is 0.357 e. The highest BCUT2D eigenvalue weighted by molar-refractivity contribution is 14.0. The van der Waals surface area contributed by atoms with Crippen LogP contribution in [0.3, 0.4) is 0 Å². The number of guanidine groups is 1. The van der Waals surface area contributed by atoms with Gasteiger partial charge in [0.2, 0.25) is 0 Å². The van der Waals surface area contributed by atoms with E-state index in [0.29, 0.717) is 12.0 Å². The lowest BCUT2D eigenvalue weighted by Crippen LogP contribution is -2.39. The van der Waals surface area contributed by atoms with E-state index in [2.05, 4.69) is 59.3 Å². The molecule has 25 heavy (non-hydrogen) atoms. The van der Waals surface area contributed by atoms with E-state index < -0.39 is 0 Å². The number of aromatic nitrogens is 3. The molecule has 0 amide bonds. The summed E-state index contributed by atoms with van der Waals surface area (Å²) in [5, 5.41) is 16.5. The van der Waals surface area contributed by atoms with Gasteiger partial charge in [-0.05, 0) is 37.9 Å². The molecule has 0 aromatic carbocycles. The molecule has 0 bridgehead atoms. The molecule has 1 aliphatic carbocycles. The first kappa shape index (κ1) is 22.5. The fraction of sp³-hybridized carbons (Fsp3) is 0.824. The van der Waals surface area contributed by atoms with Crippen molar-refractivity contribution in [2.24, 2.45) is 16.8 Å². The predicted octanol–water partition coefficient (Wildman–Crippen LogP) is 3.17. The molecule has 1 aromatic heterocycles. The monoisotopic (exact) mass is 480 g/mol. The lowest BCUT2D eigenvalue weighted by Gasteiger charge is -2.12. The van der Waals surface area contributed by atoms with Gasteiger partial charge in [-0.2, -0.15) is 0 Å². The normalized spacial score (nSPS) is 19.7. The smallest absolute Gasteiger partial charge is 0.191 e. The Bertz CT molecular complexity index is 545. The third-order valence-corrected chi connectivity index (χ3v) is 4.80. The van der Waals surface area contributed by atoms with Crippen molar-refractivity contribution in [3.05, 3.63) is 5.82 Å². The Hall–Kier alpha value is -0.510. The van der Waals surface area contributed by atoms with Crippen LogP contribution in [-0.2, 0) is 13.0 Å². The molecule has 0 radical (unpaired) electrons. The maximum Gasteiger partial charge on any atom is 0.191 e. The third kappa shape index (κ3) is 7.32. The van der Waals surface area contributed by atoms with Crippen molar-refractivity contribution in [3.8, 4) is 0 Å². The summed E-state index contributed by atoms with van der Waals surface area (Å²) < 4.78 is 2.26. The summed E-state index contributed by atoms with van der Waals surface area (Å²) in [5.41, 5.74) is 0. The summed E-state index contributed by atoms with van der Waals surface area (Å²) in [5.74, 6) is 3.39. The van der Waals surface area contributed by atoms with Gasteiger partial charge < -0.3 is 15.2 Å². The molecule has 8 heteroatoms. The molecule has 2 unspecified atom stereocenters. The second-order valence-electron chi connectivity index (χ2n) is 6.94. The van der Waals surface area contributed by atoms with Crippen LogP contribution in [0.5, 0.6) is 0 Å². The Morgan fingerprint density at radius 2 is 2.12 bits per heavy atom. The summed E-state index contributed by atoms with van der Waals surface area (Å²) in [6.07, 6.45) is 5.22. The molecule has 0 spiro atoms. The number of hydrogen-bond acceptors (Lipinski definition) is 4. The Morgan fingerprint density at radius 1 is 1.40 bits per heavy atom. The number of hydrogen-bond donors (Lipinski definition) is 2. The van der Waals surface area contributed by atoms with Crippen LogP contribution in [0.2, 0.25) is 0 Å². The van der Waals surface area contributed by atoms with E-state index in [9.17, 15) is 0 Å². The molecule has 1 heterocycles. The minimum Gasteiger partial charge on any atom is -0.357 e. The Balaban J connectivity index is 0.00000312. The highest BCUT2D eigenvalue weighted by Gasteiger charge is 2.33. The van der Waals surface area contributed by atoms with Crippen molar-refractivity contribution in [2.45, 2.75) is 64.7 Å². The molecule has 0 saturated heterocycles. The fourth-order valence-corrected chi connectivity index (χ4v) is 3.17. The predicted molar refractivity (Wildman–Crippen MR) is 117 cm³/mol. The molecule has 2 rings (SSSR count). The number of nitrogens with one attached hydrogen (secondary N) is 2. The van der Waals surface area contributed by atoms with Crippen molar-refractivity contribution < 1.29 is 0 Å². The van der Waals surface area contributed by atoms with Gasteiger partial charge in [0, 0.05) is 32.1 Å². The number of halogens is 1. The zero-order valence-electron chi connectivity index (χ0n) is 16.1. The lowest BCUT2D eigenvalue weighted by molar-refractivity contribution is 0.477. The first-order valence-electron chi connectivity index (χ1n) is 9.06. The van der Waals surface area contributed by atoms with Gasteiger partial charge >= 0.3 is 0 Å². The van der Waals surface area contributed by atoms with Gasteiger partial charge in [-0.1, -0.05) is 32.5 Å². The second kappa shape index (κ2) is 11.3. The lowest BCUT2D eigenvalue weighted by atomic mass is 10.2. The maximum absolute atomic E-state index is 4.69. The van der Waals surface area contributed by atoms with Crippen LogP contribution < -0.4 is 10.6 Å². The Morgan fingerprint density at radius 3 is 2.68 bits per heavy atom. The number of aliphatic imine (C=N–C) groups is 1. The zero-order chi connectivity index (χ0) is 17.5. The van der Waals surface area contributed by atoms with E-state index in [1.54, 1.807) is 11.8 Å². The van der Waals surface area contributed by atoms with Crippen molar-refractivity contribution in [3.63, 3.8) is 0 Å². The van der Waals surface area contributed by atoms with Crippen molar-refractivity contribution in [1.29, 1.82) is 0 Å². The molecule has 1 saturated carbocycles. The van der Waals surface area contributed by atoms with Crippen molar-refractivity contribution in [1.82, 2.24) is 25.4 Å².